The zero-order chi connectivity index (χ0) is 14.5. The second-order valence-corrected chi connectivity index (χ2v) is 5.72. The highest BCUT2D eigenvalue weighted by atomic mass is 16.5. The molecule has 0 amide bonds. The zero-order valence-corrected chi connectivity index (χ0v) is 12.4. The minimum absolute atomic E-state index is 0.136. The van der Waals surface area contributed by atoms with Crippen molar-refractivity contribution >= 4 is 11.8 Å². The Morgan fingerprint density at radius 2 is 2.16 bits per heavy atom. The first-order valence-electron chi connectivity index (χ1n) is 6.80. The summed E-state index contributed by atoms with van der Waals surface area (Å²) in [6.45, 7) is 7.37. The predicted molar refractivity (Wildman–Crippen MR) is 75.9 cm³/mol. The van der Waals surface area contributed by atoms with Crippen LogP contribution in [0, 0.1) is 5.41 Å². The number of unbranched alkanes of at least 4 members (excludes halogenated alkanes) is 2. The summed E-state index contributed by atoms with van der Waals surface area (Å²) in [6.07, 6.45) is 6.42. The number of imidazole rings is 1. The largest absolute Gasteiger partial charge is 0.464 e. The van der Waals surface area contributed by atoms with E-state index in [1.807, 2.05) is 4.57 Å². The van der Waals surface area contributed by atoms with Gasteiger partial charge in [-0.1, -0.05) is 40.0 Å². The molecule has 0 aliphatic carbocycles. The van der Waals surface area contributed by atoms with Crippen LogP contribution in [0.4, 0.5) is 5.82 Å². The number of anilines is 1. The molecule has 0 aliphatic rings. The van der Waals surface area contributed by atoms with Crippen molar-refractivity contribution in [1.82, 2.24) is 9.55 Å². The molecular formula is C14H25N3O2. The summed E-state index contributed by atoms with van der Waals surface area (Å²) in [5.41, 5.74) is 6.28. The second kappa shape index (κ2) is 6.59. The third-order valence-corrected chi connectivity index (χ3v) is 3.31. The molecule has 2 N–H and O–H groups in total. The monoisotopic (exact) mass is 267 g/mol. The Morgan fingerprint density at radius 3 is 2.74 bits per heavy atom. The maximum absolute atomic E-state index is 11.4. The van der Waals surface area contributed by atoms with Gasteiger partial charge in [-0.05, 0) is 11.8 Å². The third kappa shape index (κ3) is 4.26. The van der Waals surface area contributed by atoms with Crippen LogP contribution in [-0.4, -0.2) is 22.6 Å². The van der Waals surface area contributed by atoms with Gasteiger partial charge in [-0.25, -0.2) is 9.78 Å². The number of hydrogen-bond acceptors (Lipinski definition) is 4. The van der Waals surface area contributed by atoms with Crippen LogP contribution in [0.1, 0.15) is 56.9 Å². The molecule has 0 aliphatic heterocycles. The van der Waals surface area contributed by atoms with Crippen LogP contribution in [0.3, 0.4) is 0 Å². The number of nitrogen functional groups attached to an aromatic ring is 1. The van der Waals surface area contributed by atoms with Crippen molar-refractivity contribution in [3.8, 4) is 0 Å². The van der Waals surface area contributed by atoms with E-state index in [1.165, 1.54) is 26.4 Å². The Kier molecular flexibility index (Phi) is 5.39. The van der Waals surface area contributed by atoms with Crippen LogP contribution in [0.25, 0.3) is 0 Å². The Hall–Kier alpha value is -1.52. The van der Waals surface area contributed by atoms with Crippen molar-refractivity contribution in [3.05, 3.63) is 12.0 Å². The van der Waals surface area contributed by atoms with E-state index in [0.717, 1.165) is 13.0 Å². The smallest absolute Gasteiger partial charge is 0.360 e. The van der Waals surface area contributed by atoms with Gasteiger partial charge in [-0.2, -0.15) is 0 Å². The number of methoxy groups -OCH3 is 1. The summed E-state index contributed by atoms with van der Waals surface area (Å²) in [6, 6.07) is 0. The summed E-state index contributed by atoms with van der Waals surface area (Å²) in [7, 11) is 1.33. The number of carbonyl (C=O) groups is 1. The molecule has 108 valence electrons. The van der Waals surface area contributed by atoms with E-state index in [2.05, 4.69) is 30.5 Å². The topological polar surface area (TPSA) is 70.1 Å². The lowest BCUT2D eigenvalue weighted by atomic mass is 9.87. The van der Waals surface area contributed by atoms with E-state index in [1.54, 1.807) is 6.33 Å². The second-order valence-electron chi connectivity index (χ2n) is 5.72. The maximum Gasteiger partial charge on any atom is 0.360 e. The number of carbonyl (C=O) groups excluding carboxylic acids is 1. The summed E-state index contributed by atoms with van der Waals surface area (Å²) in [5, 5.41) is 0. The molecule has 1 aromatic heterocycles. The van der Waals surface area contributed by atoms with Gasteiger partial charge in [0.1, 0.15) is 5.82 Å². The number of ether oxygens (including phenoxy) is 1. The van der Waals surface area contributed by atoms with Gasteiger partial charge in [0, 0.05) is 6.54 Å². The lowest BCUT2D eigenvalue weighted by molar-refractivity contribution is 0.0595. The fourth-order valence-electron chi connectivity index (χ4n) is 2.17. The SMILES string of the molecule is CCCCCC(C)(C)Cn1cnc(C(=O)OC)c1N. The van der Waals surface area contributed by atoms with Crippen LogP contribution in [0.5, 0.6) is 0 Å². The van der Waals surface area contributed by atoms with E-state index in [9.17, 15) is 4.79 Å². The molecule has 0 fully saturated rings. The molecule has 19 heavy (non-hydrogen) atoms. The number of hydrogen-bond donors (Lipinski definition) is 1. The molecular weight excluding hydrogens is 242 g/mol. The van der Waals surface area contributed by atoms with E-state index in [-0.39, 0.29) is 11.1 Å². The van der Waals surface area contributed by atoms with Crippen LogP contribution in [0.15, 0.2) is 6.33 Å². The van der Waals surface area contributed by atoms with Gasteiger partial charge < -0.3 is 15.0 Å². The highest BCUT2D eigenvalue weighted by molar-refractivity contribution is 5.92. The van der Waals surface area contributed by atoms with E-state index in [4.69, 9.17) is 5.73 Å². The molecule has 0 spiro atoms. The van der Waals surface area contributed by atoms with Crippen molar-refractivity contribution in [2.24, 2.45) is 5.41 Å². The normalized spacial score (nSPS) is 11.6. The van der Waals surface area contributed by atoms with Gasteiger partial charge in [0.2, 0.25) is 0 Å². The molecule has 1 heterocycles. The lowest BCUT2D eigenvalue weighted by Gasteiger charge is -2.25. The maximum atomic E-state index is 11.4. The number of nitrogens with two attached hydrogens (primary N) is 1. The number of nitrogens with zero attached hydrogens (tertiary/aromatic N) is 2. The number of aromatic nitrogens is 2. The Labute approximate surface area is 115 Å². The Morgan fingerprint density at radius 1 is 1.47 bits per heavy atom. The first-order valence-corrected chi connectivity index (χ1v) is 6.80. The molecule has 0 saturated carbocycles. The van der Waals surface area contributed by atoms with Crippen molar-refractivity contribution in [2.45, 2.75) is 53.0 Å². The van der Waals surface area contributed by atoms with Crippen molar-refractivity contribution in [1.29, 1.82) is 0 Å². The fourth-order valence-corrected chi connectivity index (χ4v) is 2.17. The van der Waals surface area contributed by atoms with Crippen molar-refractivity contribution < 1.29 is 9.53 Å². The molecule has 0 atom stereocenters. The summed E-state index contributed by atoms with van der Waals surface area (Å²) >= 11 is 0. The van der Waals surface area contributed by atoms with E-state index < -0.39 is 5.97 Å². The molecule has 0 unspecified atom stereocenters. The first-order chi connectivity index (χ1) is 8.91. The van der Waals surface area contributed by atoms with E-state index >= 15 is 0 Å². The van der Waals surface area contributed by atoms with Crippen LogP contribution < -0.4 is 5.73 Å². The molecule has 5 heteroatoms. The molecule has 0 saturated heterocycles. The third-order valence-electron chi connectivity index (χ3n) is 3.31. The van der Waals surface area contributed by atoms with Gasteiger partial charge in [-0.3, -0.25) is 0 Å². The molecule has 0 radical (unpaired) electrons. The van der Waals surface area contributed by atoms with Crippen LogP contribution in [0.2, 0.25) is 0 Å². The van der Waals surface area contributed by atoms with E-state index in [0.29, 0.717) is 5.82 Å². The van der Waals surface area contributed by atoms with Gasteiger partial charge in [0.15, 0.2) is 5.69 Å². The van der Waals surface area contributed by atoms with Gasteiger partial charge in [0.25, 0.3) is 0 Å². The highest BCUT2D eigenvalue weighted by Gasteiger charge is 2.22. The van der Waals surface area contributed by atoms with Crippen LogP contribution >= 0.6 is 0 Å². The molecule has 1 aromatic rings. The minimum Gasteiger partial charge on any atom is -0.464 e. The quantitative estimate of drug-likeness (QED) is 0.609. The molecule has 5 nitrogen and oxygen atoms in total. The lowest BCUT2D eigenvalue weighted by Crippen LogP contribution is -2.20. The van der Waals surface area contributed by atoms with Crippen molar-refractivity contribution in [3.63, 3.8) is 0 Å². The van der Waals surface area contributed by atoms with Gasteiger partial charge in [0.05, 0.1) is 13.4 Å². The number of rotatable bonds is 7. The fraction of sp³-hybridized carbons (Fsp3) is 0.714. The first kappa shape index (κ1) is 15.5. The summed E-state index contributed by atoms with van der Waals surface area (Å²) < 4.78 is 6.48. The zero-order valence-electron chi connectivity index (χ0n) is 12.4. The average Bonchev–Trinajstić information content (AvgIpc) is 2.70. The summed E-state index contributed by atoms with van der Waals surface area (Å²) in [5.74, 6) is -0.101. The van der Waals surface area contributed by atoms with Crippen molar-refractivity contribution in [2.75, 3.05) is 12.8 Å². The standard InChI is InChI=1S/C14H25N3O2/c1-5-6-7-8-14(2,3)9-17-10-16-11(12(17)15)13(18)19-4/h10H,5-9,15H2,1-4H3. The molecule has 0 bridgehead atoms. The molecule has 0 aromatic carbocycles. The summed E-state index contributed by atoms with van der Waals surface area (Å²) in [4.78, 5) is 15.5. The Balaban J connectivity index is 2.71. The Bertz CT molecular complexity index is 424. The predicted octanol–water partition coefficient (Wildman–Crippen LogP) is 2.86. The minimum atomic E-state index is -0.486. The highest BCUT2D eigenvalue weighted by Crippen LogP contribution is 2.27. The molecule has 1 rings (SSSR count). The number of esters is 1. The van der Waals surface area contributed by atoms with Crippen LogP contribution in [-0.2, 0) is 11.3 Å². The average molecular weight is 267 g/mol. The van der Waals surface area contributed by atoms with Gasteiger partial charge >= 0.3 is 5.97 Å². The van der Waals surface area contributed by atoms with Gasteiger partial charge in [-0.15, -0.1) is 0 Å².